The van der Waals surface area contributed by atoms with Crippen LogP contribution in [0.5, 0.6) is 0 Å². The third-order valence-electron chi connectivity index (χ3n) is 6.71. The van der Waals surface area contributed by atoms with E-state index >= 15 is 0 Å². The second-order valence-corrected chi connectivity index (χ2v) is 7.99. The molecule has 5 aliphatic rings. The van der Waals surface area contributed by atoms with Crippen molar-refractivity contribution in [3.05, 3.63) is 0 Å². The summed E-state index contributed by atoms with van der Waals surface area (Å²) in [4.78, 5) is 0. The van der Waals surface area contributed by atoms with Crippen molar-refractivity contribution in [1.29, 1.82) is 0 Å². The first-order valence-corrected chi connectivity index (χ1v) is 8.76. The molecule has 1 saturated heterocycles. The lowest BCUT2D eigenvalue weighted by atomic mass is 9.50. The van der Waals surface area contributed by atoms with Gasteiger partial charge in [-0.05, 0) is 94.5 Å². The summed E-state index contributed by atoms with van der Waals surface area (Å²) < 4.78 is 0. The molecule has 4 aliphatic carbocycles. The quantitative estimate of drug-likeness (QED) is 0.817. The molecule has 108 valence electrons. The van der Waals surface area contributed by atoms with Gasteiger partial charge < -0.3 is 10.6 Å². The summed E-state index contributed by atoms with van der Waals surface area (Å²) in [6.45, 7) is 4.92. The molecule has 0 spiro atoms. The van der Waals surface area contributed by atoms with Crippen molar-refractivity contribution in [2.24, 2.45) is 29.6 Å². The SMILES string of the molecule is CC(NC1CCNCC1)C1C2CC3CC(C2)CC1C3. The molecule has 1 aliphatic heterocycles. The summed E-state index contributed by atoms with van der Waals surface area (Å²) in [5, 5.41) is 7.49. The normalized spacial score (nSPS) is 47.5. The maximum Gasteiger partial charge on any atom is 0.00938 e. The van der Waals surface area contributed by atoms with Crippen LogP contribution in [0.15, 0.2) is 0 Å². The Hall–Kier alpha value is -0.0800. The molecule has 2 heteroatoms. The number of hydrogen-bond donors (Lipinski definition) is 2. The number of nitrogens with one attached hydrogen (secondary N) is 2. The third kappa shape index (κ3) is 2.35. The number of piperidine rings is 1. The molecule has 0 radical (unpaired) electrons. The molecule has 5 rings (SSSR count). The molecule has 5 fully saturated rings. The Labute approximate surface area is 118 Å². The van der Waals surface area contributed by atoms with Crippen LogP contribution < -0.4 is 10.6 Å². The van der Waals surface area contributed by atoms with Crippen molar-refractivity contribution in [1.82, 2.24) is 10.6 Å². The van der Waals surface area contributed by atoms with Crippen LogP contribution in [-0.4, -0.2) is 25.2 Å². The summed E-state index contributed by atoms with van der Waals surface area (Å²) >= 11 is 0. The molecule has 0 amide bonds. The van der Waals surface area contributed by atoms with E-state index in [4.69, 9.17) is 0 Å². The van der Waals surface area contributed by atoms with E-state index in [0.717, 1.165) is 41.7 Å². The van der Waals surface area contributed by atoms with Gasteiger partial charge in [-0.25, -0.2) is 0 Å². The Balaban J connectivity index is 1.40. The number of hydrogen-bond acceptors (Lipinski definition) is 2. The number of rotatable bonds is 3. The molecule has 1 atom stereocenters. The van der Waals surface area contributed by atoms with E-state index in [2.05, 4.69) is 17.6 Å². The molecule has 2 N–H and O–H groups in total. The van der Waals surface area contributed by atoms with Gasteiger partial charge in [-0.15, -0.1) is 0 Å². The van der Waals surface area contributed by atoms with E-state index in [0.29, 0.717) is 0 Å². The average Bonchev–Trinajstić information content (AvgIpc) is 2.38. The fourth-order valence-corrected chi connectivity index (χ4v) is 6.26. The molecule has 0 aromatic heterocycles. The van der Waals surface area contributed by atoms with Gasteiger partial charge in [0.1, 0.15) is 0 Å². The van der Waals surface area contributed by atoms with Crippen molar-refractivity contribution in [2.75, 3.05) is 13.1 Å². The summed E-state index contributed by atoms with van der Waals surface area (Å²) in [5.74, 6) is 5.37. The fourth-order valence-electron chi connectivity index (χ4n) is 6.26. The maximum atomic E-state index is 4.01. The van der Waals surface area contributed by atoms with E-state index in [-0.39, 0.29) is 0 Å². The van der Waals surface area contributed by atoms with Crippen molar-refractivity contribution in [3.63, 3.8) is 0 Å². The minimum Gasteiger partial charge on any atom is -0.317 e. The minimum atomic E-state index is 0.762. The van der Waals surface area contributed by atoms with Gasteiger partial charge in [0.15, 0.2) is 0 Å². The van der Waals surface area contributed by atoms with Gasteiger partial charge in [0.25, 0.3) is 0 Å². The van der Waals surface area contributed by atoms with Gasteiger partial charge >= 0.3 is 0 Å². The van der Waals surface area contributed by atoms with Gasteiger partial charge in [-0.3, -0.25) is 0 Å². The van der Waals surface area contributed by atoms with Crippen LogP contribution in [0.25, 0.3) is 0 Å². The third-order valence-corrected chi connectivity index (χ3v) is 6.71. The van der Waals surface area contributed by atoms with Crippen LogP contribution in [0.3, 0.4) is 0 Å². The smallest absolute Gasteiger partial charge is 0.00938 e. The van der Waals surface area contributed by atoms with Gasteiger partial charge in [0.05, 0.1) is 0 Å². The first kappa shape index (κ1) is 12.6. The Bertz CT molecular complexity index is 293. The summed E-state index contributed by atoms with van der Waals surface area (Å²) in [5.41, 5.74) is 0. The molecule has 0 aromatic carbocycles. The zero-order chi connectivity index (χ0) is 12.8. The van der Waals surface area contributed by atoms with Crippen molar-refractivity contribution >= 4 is 0 Å². The molecule has 4 saturated carbocycles. The van der Waals surface area contributed by atoms with Crippen molar-refractivity contribution < 1.29 is 0 Å². The Morgan fingerprint density at radius 3 is 2.05 bits per heavy atom. The van der Waals surface area contributed by atoms with Crippen LogP contribution in [0.1, 0.15) is 51.9 Å². The Morgan fingerprint density at radius 2 is 1.47 bits per heavy atom. The molecule has 1 heterocycles. The van der Waals surface area contributed by atoms with Crippen molar-refractivity contribution in [2.45, 2.75) is 64.0 Å². The molecule has 0 aromatic rings. The Kier molecular flexibility index (Phi) is 3.35. The molecular formula is C17H30N2. The fraction of sp³-hybridized carbons (Fsp3) is 1.00. The van der Waals surface area contributed by atoms with Crippen LogP contribution in [-0.2, 0) is 0 Å². The van der Waals surface area contributed by atoms with Gasteiger partial charge in [0, 0.05) is 12.1 Å². The zero-order valence-electron chi connectivity index (χ0n) is 12.4. The van der Waals surface area contributed by atoms with Gasteiger partial charge in [-0.2, -0.15) is 0 Å². The summed E-state index contributed by atoms with van der Waals surface area (Å²) in [7, 11) is 0. The van der Waals surface area contributed by atoms with E-state index in [1.54, 1.807) is 32.1 Å². The molecule has 4 bridgehead atoms. The van der Waals surface area contributed by atoms with Crippen molar-refractivity contribution in [3.8, 4) is 0 Å². The summed E-state index contributed by atoms with van der Waals surface area (Å²) in [6.07, 6.45) is 10.5. The molecular weight excluding hydrogens is 232 g/mol. The average molecular weight is 262 g/mol. The predicted molar refractivity (Wildman–Crippen MR) is 79.0 cm³/mol. The van der Waals surface area contributed by atoms with E-state index in [9.17, 15) is 0 Å². The van der Waals surface area contributed by atoms with E-state index < -0.39 is 0 Å². The lowest BCUT2D eigenvalue weighted by Crippen LogP contribution is -2.54. The van der Waals surface area contributed by atoms with E-state index in [1.165, 1.54) is 25.9 Å². The first-order chi connectivity index (χ1) is 9.29. The highest BCUT2D eigenvalue weighted by Gasteiger charge is 2.49. The summed E-state index contributed by atoms with van der Waals surface area (Å²) in [6, 6.07) is 1.55. The zero-order valence-corrected chi connectivity index (χ0v) is 12.4. The second kappa shape index (κ2) is 5.04. The lowest BCUT2D eigenvalue weighted by molar-refractivity contribution is -0.0509. The van der Waals surface area contributed by atoms with Crippen LogP contribution in [0.4, 0.5) is 0 Å². The van der Waals surface area contributed by atoms with Crippen LogP contribution in [0, 0.1) is 29.6 Å². The topological polar surface area (TPSA) is 24.1 Å². The first-order valence-electron chi connectivity index (χ1n) is 8.76. The second-order valence-electron chi connectivity index (χ2n) is 7.99. The Morgan fingerprint density at radius 1 is 0.895 bits per heavy atom. The van der Waals surface area contributed by atoms with Gasteiger partial charge in [0.2, 0.25) is 0 Å². The lowest BCUT2D eigenvalue weighted by Gasteiger charge is -2.56. The minimum absolute atomic E-state index is 0.762. The van der Waals surface area contributed by atoms with Gasteiger partial charge in [-0.1, -0.05) is 0 Å². The maximum absolute atomic E-state index is 4.01. The molecule has 19 heavy (non-hydrogen) atoms. The highest BCUT2D eigenvalue weighted by atomic mass is 15.0. The highest BCUT2D eigenvalue weighted by molar-refractivity contribution is 5.01. The molecule has 1 unspecified atom stereocenters. The predicted octanol–water partition coefficient (Wildman–Crippen LogP) is 2.79. The molecule has 2 nitrogen and oxygen atoms in total. The van der Waals surface area contributed by atoms with E-state index in [1.807, 2.05) is 0 Å². The monoisotopic (exact) mass is 262 g/mol. The standard InChI is InChI=1S/C17H30N2/c1-11(19-16-2-4-18-5-3-16)17-14-7-12-6-13(9-14)10-15(17)8-12/h11-19H,2-10H2,1H3. The highest BCUT2D eigenvalue weighted by Crippen LogP contribution is 2.57. The largest absolute Gasteiger partial charge is 0.317 e. The van der Waals surface area contributed by atoms with Crippen LogP contribution in [0.2, 0.25) is 0 Å². The van der Waals surface area contributed by atoms with Crippen LogP contribution >= 0.6 is 0 Å².